The molecule has 0 bridgehead atoms. The van der Waals surface area contributed by atoms with Crippen LogP contribution in [0.2, 0.25) is 0 Å². The third-order valence-corrected chi connectivity index (χ3v) is 2.92. The van der Waals surface area contributed by atoms with Crippen LogP contribution in [-0.2, 0) is 13.1 Å². The molecular formula is C15H17N5O2. The van der Waals surface area contributed by atoms with E-state index < -0.39 is 6.03 Å². The lowest BCUT2D eigenvalue weighted by Crippen LogP contribution is -2.24. The molecule has 0 aliphatic rings. The highest BCUT2D eigenvalue weighted by Crippen LogP contribution is 2.09. The number of benzene rings is 1. The Hall–Kier alpha value is -2.93. The fraction of sp³-hybridized carbons (Fsp3) is 0.133. The first kappa shape index (κ1) is 15.5. The summed E-state index contributed by atoms with van der Waals surface area (Å²) in [6.45, 7) is 0.639. The molecule has 6 N–H and O–H groups in total. The number of hydrogen-bond donors (Lipinski definition) is 4. The summed E-state index contributed by atoms with van der Waals surface area (Å²) in [6, 6.07) is 11.5. The molecule has 0 atom stereocenters. The van der Waals surface area contributed by atoms with Gasteiger partial charge in [-0.25, -0.2) is 9.78 Å². The van der Waals surface area contributed by atoms with Gasteiger partial charge in [-0.05, 0) is 29.8 Å². The summed E-state index contributed by atoms with van der Waals surface area (Å²) < 4.78 is 0. The van der Waals surface area contributed by atoms with Gasteiger partial charge in [0.1, 0.15) is 5.69 Å². The lowest BCUT2D eigenvalue weighted by Gasteiger charge is -2.07. The zero-order valence-electron chi connectivity index (χ0n) is 11.9. The predicted octanol–water partition coefficient (Wildman–Crippen LogP) is 0.961. The molecule has 0 aliphatic carbocycles. The van der Waals surface area contributed by atoms with E-state index in [1.807, 2.05) is 0 Å². The van der Waals surface area contributed by atoms with E-state index in [9.17, 15) is 9.59 Å². The third-order valence-electron chi connectivity index (χ3n) is 2.92. The Morgan fingerprint density at radius 3 is 2.45 bits per heavy atom. The van der Waals surface area contributed by atoms with Crippen LogP contribution in [0.15, 0.2) is 42.5 Å². The summed E-state index contributed by atoms with van der Waals surface area (Å²) >= 11 is 0. The Bertz CT molecular complexity index is 670. The van der Waals surface area contributed by atoms with Crippen LogP contribution in [0, 0.1) is 0 Å². The van der Waals surface area contributed by atoms with Crippen LogP contribution in [0.25, 0.3) is 0 Å². The molecule has 22 heavy (non-hydrogen) atoms. The minimum atomic E-state index is -0.619. The number of rotatable bonds is 5. The number of anilines is 1. The first-order valence-electron chi connectivity index (χ1n) is 6.68. The maximum atomic E-state index is 12.0. The highest BCUT2D eigenvalue weighted by atomic mass is 16.2. The van der Waals surface area contributed by atoms with Crippen LogP contribution < -0.4 is 22.1 Å². The fourth-order valence-electron chi connectivity index (χ4n) is 1.84. The first-order valence-corrected chi connectivity index (χ1v) is 6.68. The van der Waals surface area contributed by atoms with Gasteiger partial charge in [0.05, 0.1) is 5.69 Å². The number of primary amides is 1. The Morgan fingerprint density at radius 2 is 1.82 bits per heavy atom. The van der Waals surface area contributed by atoms with Crippen molar-refractivity contribution < 1.29 is 9.59 Å². The van der Waals surface area contributed by atoms with Gasteiger partial charge in [0.15, 0.2) is 0 Å². The Morgan fingerprint density at radius 1 is 1.09 bits per heavy atom. The lowest BCUT2D eigenvalue weighted by atomic mass is 10.2. The van der Waals surface area contributed by atoms with Crippen LogP contribution in [0.3, 0.4) is 0 Å². The molecule has 0 spiro atoms. The predicted molar refractivity (Wildman–Crippen MR) is 82.9 cm³/mol. The van der Waals surface area contributed by atoms with E-state index in [-0.39, 0.29) is 12.5 Å². The second-order valence-electron chi connectivity index (χ2n) is 4.59. The van der Waals surface area contributed by atoms with Gasteiger partial charge < -0.3 is 22.1 Å². The quantitative estimate of drug-likeness (QED) is 0.656. The van der Waals surface area contributed by atoms with Crippen LogP contribution in [0.1, 0.15) is 21.7 Å². The average Bonchev–Trinajstić information content (AvgIpc) is 2.53. The standard InChI is InChI=1S/C15H17N5O2/c16-8-12-2-1-3-13(19-12)14(21)18-9-10-4-6-11(7-5-10)20-15(17)22/h1-7H,8-9,16H2,(H,18,21)(H3,17,20,22). The van der Waals surface area contributed by atoms with Gasteiger partial charge in [0, 0.05) is 18.8 Å². The second-order valence-corrected chi connectivity index (χ2v) is 4.59. The van der Waals surface area contributed by atoms with E-state index in [0.717, 1.165) is 5.56 Å². The average molecular weight is 299 g/mol. The number of nitrogens with zero attached hydrogens (tertiary/aromatic N) is 1. The number of nitrogens with two attached hydrogens (primary N) is 2. The first-order chi connectivity index (χ1) is 10.6. The van der Waals surface area contributed by atoms with Crippen LogP contribution >= 0.6 is 0 Å². The number of amides is 3. The monoisotopic (exact) mass is 299 g/mol. The number of urea groups is 1. The molecule has 0 saturated heterocycles. The van der Waals surface area contributed by atoms with E-state index >= 15 is 0 Å². The van der Waals surface area contributed by atoms with Crippen LogP contribution in [-0.4, -0.2) is 16.9 Å². The van der Waals surface area contributed by atoms with Crippen molar-refractivity contribution >= 4 is 17.6 Å². The molecule has 1 aromatic heterocycles. The molecule has 7 nitrogen and oxygen atoms in total. The Balaban J connectivity index is 1.94. The molecule has 0 radical (unpaired) electrons. The molecule has 2 aromatic rings. The SMILES string of the molecule is NCc1cccc(C(=O)NCc2ccc(NC(N)=O)cc2)n1. The van der Waals surface area contributed by atoms with E-state index in [1.54, 1.807) is 42.5 Å². The van der Waals surface area contributed by atoms with Gasteiger partial charge in [0.2, 0.25) is 0 Å². The van der Waals surface area contributed by atoms with Gasteiger partial charge >= 0.3 is 6.03 Å². The smallest absolute Gasteiger partial charge is 0.316 e. The van der Waals surface area contributed by atoms with Crippen molar-refractivity contribution in [2.75, 3.05) is 5.32 Å². The summed E-state index contributed by atoms with van der Waals surface area (Å²) in [4.78, 5) is 26.9. The van der Waals surface area contributed by atoms with Gasteiger partial charge in [-0.2, -0.15) is 0 Å². The molecule has 1 aromatic carbocycles. The van der Waals surface area contributed by atoms with Crippen molar-refractivity contribution in [1.29, 1.82) is 0 Å². The van der Waals surface area contributed by atoms with Gasteiger partial charge in [-0.3, -0.25) is 4.79 Å². The topological polar surface area (TPSA) is 123 Å². The van der Waals surface area contributed by atoms with Crippen molar-refractivity contribution in [2.45, 2.75) is 13.1 Å². The summed E-state index contributed by atoms with van der Waals surface area (Å²) in [5, 5.41) is 5.24. The van der Waals surface area contributed by atoms with Crippen LogP contribution in [0.5, 0.6) is 0 Å². The molecule has 0 saturated carbocycles. The molecule has 3 amide bonds. The number of hydrogen-bond acceptors (Lipinski definition) is 4. The largest absolute Gasteiger partial charge is 0.351 e. The number of carbonyl (C=O) groups excluding carboxylic acids is 2. The maximum absolute atomic E-state index is 12.0. The normalized spacial score (nSPS) is 10.0. The van der Waals surface area contributed by atoms with E-state index in [4.69, 9.17) is 11.5 Å². The molecular weight excluding hydrogens is 282 g/mol. The van der Waals surface area contributed by atoms with Gasteiger partial charge in [-0.15, -0.1) is 0 Å². The van der Waals surface area contributed by atoms with Crippen molar-refractivity contribution in [3.63, 3.8) is 0 Å². The van der Waals surface area contributed by atoms with Gasteiger partial charge in [-0.1, -0.05) is 18.2 Å². The molecule has 0 unspecified atom stereocenters. The molecule has 2 rings (SSSR count). The summed E-state index contributed by atoms with van der Waals surface area (Å²) in [5.41, 5.74) is 13.0. The maximum Gasteiger partial charge on any atom is 0.316 e. The van der Waals surface area contributed by atoms with Crippen molar-refractivity contribution in [3.8, 4) is 0 Å². The zero-order valence-corrected chi connectivity index (χ0v) is 11.9. The second kappa shape index (κ2) is 7.19. The number of aromatic nitrogens is 1. The Labute approximate surface area is 127 Å². The van der Waals surface area contributed by atoms with Crippen LogP contribution in [0.4, 0.5) is 10.5 Å². The summed E-state index contributed by atoms with van der Waals surface area (Å²) in [5.74, 6) is -0.269. The molecule has 114 valence electrons. The highest BCUT2D eigenvalue weighted by molar-refractivity contribution is 5.92. The number of carbonyl (C=O) groups is 2. The number of nitrogens with one attached hydrogen (secondary N) is 2. The zero-order chi connectivity index (χ0) is 15.9. The summed E-state index contributed by atoms with van der Waals surface area (Å²) in [6.07, 6.45) is 0. The summed E-state index contributed by atoms with van der Waals surface area (Å²) in [7, 11) is 0. The van der Waals surface area contributed by atoms with Gasteiger partial charge in [0.25, 0.3) is 5.91 Å². The minimum absolute atomic E-state index is 0.269. The molecule has 0 aliphatic heterocycles. The third kappa shape index (κ3) is 4.29. The Kier molecular flexibility index (Phi) is 5.05. The minimum Gasteiger partial charge on any atom is -0.351 e. The highest BCUT2D eigenvalue weighted by Gasteiger charge is 2.07. The number of pyridine rings is 1. The van der Waals surface area contributed by atoms with E-state index in [2.05, 4.69) is 15.6 Å². The fourth-order valence-corrected chi connectivity index (χ4v) is 1.84. The van der Waals surface area contributed by atoms with Crippen molar-refractivity contribution in [1.82, 2.24) is 10.3 Å². The molecule has 7 heteroatoms. The van der Waals surface area contributed by atoms with Crippen molar-refractivity contribution in [3.05, 3.63) is 59.4 Å². The molecule has 0 fully saturated rings. The van der Waals surface area contributed by atoms with E-state index in [0.29, 0.717) is 23.6 Å². The van der Waals surface area contributed by atoms with E-state index in [1.165, 1.54) is 0 Å². The lowest BCUT2D eigenvalue weighted by molar-refractivity contribution is 0.0945. The molecule has 1 heterocycles. The van der Waals surface area contributed by atoms with Crippen molar-refractivity contribution in [2.24, 2.45) is 11.5 Å².